The van der Waals surface area contributed by atoms with E-state index in [9.17, 15) is 24.3 Å². The lowest BCUT2D eigenvalue weighted by Crippen LogP contribution is -2.56. The van der Waals surface area contributed by atoms with Crippen molar-refractivity contribution in [3.63, 3.8) is 0 Å². The summed E-state index contributed by atoms with van der Waals surface area (Å²) in [5, 5.41) is 12.0. The second-order valence-corrected chi connectivity index (χ2v) is 13.2. The quantitative estimate of drug-likeness (QED) is 0.258. The Labute approximate surface area is 266 Å². The number of cyclic esters (lactones) is 1. The number of carbonyl (C=O) groups is 4. The number of amides is 3. The van der Waals surface area contributed by atoms with Gasteiger partial charge in [-0.05, 0) is 57.2 Å². The number of likely N-dealkylation sites (tertiary alicyclic amines) is 1. The average molecular weight is 673 g/mol. The van der Waals surface area contributed by atoms with Gasteiger partial charge in [-0.25, -0.2) is 0 Å². The third kappa shape index (κ3) is 5.98. The zero-order valence-electron chi connectivity index (χ0n) is 25.6. The molecule has 3 amide bonds. The molecule has 2 fully saturated rings. The van der Waals surface area contributed by atoms with Gasteiger partial charge in [0.05, 0.1) is 12.5 Å². The second kappa shape index (κ2) is 13.5. The van der Waals surface area contributed by atoms with Crippen molar-refractivity contribution in [2.45, 2.75) is 83.1 Å². The number of aryl methyl sites for hydroxylation is 2. The topological polar surface area (TPSA) is 125 Å². The first-order chi connectivity index (χ1) is 21.1. The molecule has 1 aromatic carbocycles. The van der Waals surface area contributed by atoms with Gasteiger partial charge >= 0.3 is 5.97 Å². The van der Waals surface area contributed by atoms with E-state index >= 15 is 0 Å². The first-order valence-electron chi connectivity index (χ1n) is 15.6. The molecule has 0 aliphatic carbocycles. The summed E-state index contributed by atoms with van der Waals surface area (Å²) in [5.74, 6) is -3.22. The molecule has 1 spiro atoms. The number of carbonyl (C=O) groups excluding carboxylic acids is 4. The van der Waals surface area contributed by atoms with Crippen molar-refractivity contribution in [2.75, 3.05) is 31.1 Å². The molecule has 0 unspecified atom stereocenters. The molecule has 5 rings (SSSR count). The Morgan fingerprint density at radius 1 is 1.05 bits per heavy atom. The number of hydrogen-bond donors (Lipinski definition) is 2. The molecule has 4 heterocycles. The van der Waals surface area contributed by atoms with Crippen LogP contribution in [0.4, 0.5) is 5.69 Å². The minimum Gasteiger partial charge on any atom is -0.460 e. The maximum atomic E-state index is 15.0. The largest absolute Gasteiger partial charge is 0.460 e. The van der Waals surface area contributed by atoms with E-state index in [-0.39, 0.29) is 43.8 Å². The summed E-state index contributed by atoms with van der Waals surface area (Å²) < 4.78 is 13.0. The molecular formula is C33H42BrN3O7. The van der Waals surface area contributed by atoms with Crippen LogP contribution >= 0.6 is 15.9 Å². The Bertz CT molecular complexity index is 1340. The zero-order chi connectivity index (χ0) is 31.6. The number of hydrogen-bond acceptors (Lipinski definition) is 7. The number of allylic oxidation sites excluding steroid dienone is 1. The minimum atomic E-state index is -1.35. The summed E-state index contributed by atoms with van der Waals surface area (Å²) in [6.45, 7) is 6.41. The Balaban J connectivity index is 1.60. The standard InChI is InChI=1S/C33H42BrN3O7/c1-20-12-11-13-21(2)27(20)36-15-9-6-7-14-24(39)35-19-22(3)43-32(42)25-26-30(40)37(16-8-4-5-10-17-38)29(31(36)41)33(26)18-23(34)28(25)44-33/h6,9,11-13,18,22,25-26,28-29,38H,4-5,7-8,10,14-17,19H2,1-3H3,(H,35,39)/b9-6-/t22-,25+,26-,28+,29+,33-/m0/s1. The third-order valence-corrected chi connectivity index (χ3v) is 9.79. The number of esters is 1. The number of nitrogens with one attached hydrogen (secondary N) is 1. The highest BCUT2D eigenvalue weighted by Crippen LogP contribution is 2.59. The zero-order valence-corrected chi connectivity index (χ0v) is 27.2. The van der Waals surface area contributed by atoms with Crippen molar-refractivity contribution >= 4 is 45.3 Å². The van der Waals surface area contributed by atoms with Crippen LogP contribution in [0.25, 0.3) is 0 Å². The number of nitrogens with zero attached hydrogens (tertiary/aromatic N) is 2. The van der Waals surface area contributed by atoms with Crippen molar-refractivity contribution in [3.05, 3.63) is 52.0 Å². The molecule has 4 aliphatic rings. The van der Waals surface area contributed by atoms with Gasteiger partial charge in [-0.1, -0.05) is 59.1 Å². The normalized spacial score (nSPS) is 31.6. The summed E-state index contributed by atoms with van der Waals surface area (Å²) in [7, 11) is 0. The van der Waals surface area contributed by atoms with Crippen LogP contribution in [0.2, 0.25) is 0 Å². The number of ether oxygens (including phenoxy) is 2. The van der Waals surface area contributed by atoms with Gasteiger partial charge in [0, 0.05) is 36.3 Å². The van der Waals surface area contributed by atoms with Crippen LogP contribution in [-0.4, -0.2) is 83.8 Å². The SMILES string of the molecule is Cc1cccc(C)c1N1C/C=C\CCC(=O)NC[C@H](C)OC(=O)[C@H]2[C@@H]3O[C@@]4(C=C3Br)[C@@H]2C(=O)N(CCCCCCO)[C@@H]4C1=O. The number of aliphatic hydroxyl groups excluding tert-OH is 1. The van der Waals surface area contributed by atoms with E-state index in [1.54, 1.807) is 16.7 Å². The van der Waals surface area contributed by atoms with Crippen LogP contribution in [0, 0.1) is 25.7 Å². The Hall–Kier alpha value is -3.02. The lowest BCUT2D eigenvalue weighted by atomic mass is 9.74. The predicted molar refractivity (Wildman–Crippen MR) is 168 cm³/mol. The summed E-state index contributed by atoms with van der Waals surface area (Å²) in [6.07, 6.45) is 7.85. The molecule has 0 aromatic heterocycles. The van der Waals surface area contributed by atoms with Gasteiger partial charge in [0.2, 0.25) is 11.8 Å². The van der Waals surface area contributed by atoms with E-state index in [0.717, 1.165) is 29.7 Å². The maximum absolute atomic E-state index is 15.0. The molecule has 238 valence electrons. The highest BCUT2D eigenvalue weighted by molar-refractivity contribution is 9.11. The molecule has 44 heavy (non-hydrogen) atoms. The van der Waals surface area contributed by atoms with Crippen LogP contribution in [0.3, 0.4) is 0 Å². The molecule has 0 radical (unpaired) electrons. The smallest absolute Gasteiger partial charge is 0.313 e. The van der Waals surface area contributed by atoms with Gasteiger partial charge in [-0.2, -0.15) is 0 Å². The van der Waals surface area contributed by atoms with Crippen LogP contribution in [0.5, 0.6) is 0 Å². The number of fused-ring (bicyclic) bond motifs is 2. The summed E-state index contributed by atoms with van der Waals surface area (Å²) >= 11 is 3.59. The van der Waals surface area contributed by atoms with E-state index < -0.39 is 41.7 Å². The molecule has 0 saturated carbocycles. The van der Waals surface area contributed by atoms with Gasteiger partial charge < -0.3 is 29.7 Å². The van der Waals surface area contributed by atoms with Crippen LogP contribution in [0.1, 0.15) is 56.6 Å². The number of benzene rings is 1. The molecule has 1 aromatic rings. The minimum absolute atomic E-state index is 0.104. The lowest BCUT2D eigenvalue weighted by Gasteiger charge is -2.36. The summed E-state index contributed by atoms with van der Waals surface area (Å²) in [6, 6.07) is 4.84. The number of anilines is 1. The molecule has 6 atom stereocenters. The van der Waals surface area contributed by atoms with Gasteiger partial charge in [0.25, 0.3) is 5.91 Å². The highest BCUT2D eigenvalue weighted by Gasteiger charge is 2.75. The first kappa shape index (κ1) is 32.4. The summed E-state index contributed by atoms with van der Waals surface area (Å²) in [4.78, 5) is 58.8. The molecule has 5 bridgehead atoms. The fraction of sp³-hybridized carbons (Fsp3) is 0.576. The first-order valence-corrected chi connectivity index (χ1v) is 16.4. The van der Waals surface area contributed by atoms with Crippen LogP contribution < -0.4 is 10.2 Å². The fourth-order valence-electron chi connectivity index (χ4n) is 7.10. The van der Waals surface area contributed by atoms with Crippen molar-refractivity contribution in [2.24, 2.45) is 11.8 Å². The number of unbranched alkanes of at least 4 members (excludes halogenated alkanes) is 3. The predicted octanol–water partition coefficient (Wildman–Crippen LogP) is 3.46. The molecular weight excluding hydrogens is 630 g/mol. The number of halogens is 1. The van der Waals surface area contributed by atoms with E-state index in [4.69, 9.17) is 9.47 Å². The Morgan fingerprint density at radius 3 is 2.50 bits per heavy atom. The van der Waals surface area contributed by atoms with Crippen molar-refractivity contribution < 1.29 is 33.8 Å². The third-order valence-electron chi connectivity index (χ3n) is 9.11. The van der Waals surface area contributed by atoms with Gasteiger partial charge in [-0.15, -0.1) is 0 Å². The van der Waals surface area contributed by atoms with E-state index in [1.165, 1.54) is 0 Å². The molecule has 2 N–H and O–H groups in total. The average Bonchev–Trinajstić information content (AvgIpc) is 3.57. The second-order valence-electron chi connectivity index (χ2n) is 12.2. The monoisotopic (exact) mass is 671 g/mol. The molecule has 2 saturated heterocycles. The van der Waals surface area contributed by atoms with Crippen molar-refractivity contribution in [1.82, 2.24) is 10.2 Å². The Kier molecular flexibility index (Phi) is 9.96. The van der Waals surface area contributed by atoms with E-state index in [2.05, 4.69) is 21.2 Å². The molecule has 11 heteroatoms. The van der Waals surface area contributed by atoms with Gasteiger partial charge in [0.15, 0.2) is 0 Å². The van der Waals surface area contributed by atoms with E-state index in [0.29, 0.717) is 30.3 Å². The molecule has 10 nitrogen and oxygen atoms in total. The highest BCUT2D eigenvalue weighted by atomic mass is 79.9. The Morgan fingerprint density at radius 2 is 1.77 bits per heavy atom. The van der Waals surface area contributed by atoms with Crippen molar-refractivity contribution in [1.29, 1.82) is 0 Å². The van der Waals surface area contributed by atoms with E-state index in [1.807, 2.05) is 50.3 Å². The maximum Gasteiger partial charge on any atom is 0.313 e. The number of rotatable bonds is 7. The van der Waals surface area contributed by atoms with Crippen LogP contribution in [-0.2, 0) is 28.7 Å². The lowest BCUT2D eigenvalue weighted by molar-refractivity contribution is -0.158. The number of para-hydroxylation sites is 1. The molecule has 4 aliphatic heterocycles. The van der Waals surface area contributed by atoms with Crippen LogP contribution in [0.15, 0.2) is 40.9 Å². The van der Waals surface area contributed by atoms with Gasteiger partial charge in [0.1, 0.15) is 29.8 Å². The van der Waals surface area contributed by atoms with Crippen molar-refractivity contribution in [3.8, 4) is 0 Å². The number of aliphatic hydroxyl groups is 1. The fourth-order valence-corrected chi connectivity index (χ4v) is 7.84. The summed E-state index contributed by atoms with van der Waals surface area (Å²) in [5.41, 5.74) is 1.23. The van der Waals surface area contributed by atoms with Gasteiger partial charge in [-0.3, -0.25) is 19.2 Å².